The lowest BCUT2D eigenvalue weighted by Crippen LogP contribution is -2.07. The molecule has 60 valence electrons. The monoisotopic (exact) mass is 160 g/mol. The SMILES string of the molecule is [2H]C([2H])([2H])C([2H])(Oc1cncc(N)n1)C([2H])([2H])[2H]. The summed E-state index contributed by atoms with van der Waals surface area (Å²) in [5, 5.41) is 0. The predicted octanol–water partition coefficient (Wildman–Crippen LogP) is 0.846. The molecule has 0 bridgehead atoms. The zero-order chi connectivity index (χ0) is 14.2. The highest BCUT2D eigenvalue weighted by Crippen LogP contribution is 2.07. The van der Waals surface area contributed by atoms with Gasteiger partial charge in [0.15, 0.2) is 0 Å². The van der Waals surface area contributed by atoms with E-state index in [-0.39, 0.29) is 5.82 Å². The Balaban J connectivity index is 3.16. The Hall–Kier alpha value is -1.32. The second kappa shape index (κ2) is 3.18. The molecule has 0 saturated heterocycles. The molecule has 0 spiro atoms. The Kier molecular flexibility index (Phi) is 0.759. The molecule has 11 heavy (non-hydrogen) atoms. The van der Waals surface area contributed by atoms with Crippen molar-refractivity contribution in [1.82, 2.24) is 9.97 Å². The molecule has 0 amide bonds. The third-order valence-corrected chi connectivity index (χ3v) is 0.838. The summed E-state index contributed by atoms with van der Waals surface area (Å²) in [6.07, 6.45) is -0.983. The van der Waals surface area contributed by atoms with Crippen molar-refractivity contribution >= 4 is 5.82 Å². The van der Waals surface area contributed by atoms with Crippen LogP contribution in [0.3, 0.4) is 0 Å². The summed E-state index contributed by atoms with van der Waals surface area (Å²) in [5.74, 6) is -0.511. The summed E-state index contributed by atoms with van der Waals surface area (Å²) in [7, 11) is 0. The van der Waals surface area contributed by atoms with Crippen molar-refractivity contribution in [2.24, 2.45) is 0 Å². The van der Waals surface area contributed by atoms with Crippen LogP contribution in [0.15, 0.2) is 12.4 Å². The average Bonchev–Trinajstić information content (AvgIpc) is 2.13. The van der Waals surface area contributed by atoms with Crippen LogP contribution in [0.2, 0.25) is 0 Å². The van der Waals surface area contributed by atoms with Crippen LogP contribution in [0.5, 0.6) is 5.88 Å². The summed E-state index contributed by atoms with van der Waals surface area (Å²) < 4.78 is 55.0. The number of nitrogens with two attached hydrogens (primary N) is 1. The predicted molar refractivity (Wildman–Crippen MR) is 42.2 cm³/mol. The van der Waals surface area contributed by atoms with Crippen LogP contribution in [-0.4, -0.2) is 16.0 Å². The van der Waals surface area contributed by atoms with Gasteiger partial charge in [0.2, 0.25) is 5.88 Å². The average molecular weight is 160 g/mol. The largest absolute Gasteiger partial charge is 0.474 e. The summed E-state index contributed by atoms with van der Waals surface area (Å²) in [6, 6.07) is 0. The van der Waals surface area contributed by atoms with Gasteiger partial charge in [-0.2, -0.15) is 4.98 Å². The van der Waals surface area contributed by atoms with E-state index in [1.807, 2.05) is 0 Å². The fraction of sp³-hybridized carbons (Fsp3) is 0.429. The quantitative estimate of drug-likeness (QED) is 0.696. The minimum Gasteiger partial charge on any atom is -0.474 e. The third kappa shape index (κ3) is 2.41. The molecule has 1 aromatic heterocycles. The van der Waals surface area contributed by atoms with Crippen LogP contribution in [-0.2, 0) is 0 Å². The molecule has 0 aliphatic carbocycles. The Morgan fingerprint density at radius 2 is 2.55 bits per heavy atom. The van der Waals surface area contributed by atoms with Gasteiger partial charge in [-0.25, -0.2) is 0 Å². The third-order valence-electron chi connectivity index (χ3n) is 0.838. The molecule has 0 aliphatic heterocycles. The Labute approximate surface area is 75.3 Å². The lowest BCUT2D eigenvalue weighted by atomic mass is 10.5. The van der Waals surface area contributed by atoms with Crippen molar-refractivity contribution in [3.05, 3.63) is 12.4 Å². The number of rotatable bonds is 2. The summed E-state index contributed by atoms with van der Waals surface area (Å²) >= 11 is 0. The van der Waals surface area contributed by atoms with Crippen LogP contribution >= 0.6 is 0 Å². The lowest BCUT2D eigenvalue weighted by molar-refractivity contribution is 0.232. The zero-order valence-electron chi connectivity index (χ0n) is 12.5. The maximum absolute atomic E-state index is 7.58. The van der Waals surface area contributed by atoms with E-state index in [4.69, 9.17) is 20.1 Å². The molecule has 0 fully saturated rings. The first kappa shape index (κ1) is 2.62. The minimum absolute atomic E-state index is 0.0778. The van der Waals surface area contributed by atoms with Crippen LogP contribution < -0.4 is 10.5 Å². The smallest absolute Gasteiger partial charge is 0.234 e. The highest BCUT2D eigenvalue weighted by atomic mass is 16.5. The van der Waals surface area contributed by atoms with Crippen LogP contribution in [0.25, 0.3) is 0 Å². The Bertz CT molecular complexity index is 416. The van der Waals surface area contributed by atoms with E-state index in [9.17, 15) is 0 Å². The first-order valence-corrected chi connectivity index (χ1v) is 2.74. The molecule has 2 N–H and O–H groups in total. The van der Waals surface area contributed by atoms with E-state index in [1.54, 1.807) is 0 Å². The minimum atomic E-state index is -3.19. The number of aromatic nitrogens is 2. The number of nitrogen functional groups attached to an aromatic ring is 1. The maximum atomic E-state index is 7.58. The highest BCUT2D eigenvalue weighted by Gasteiger charge is 1.98. The van der Waals surface area contributed by atoms with Gasteiger partial charge < -0.3 is 10.5 Å². The number of ether oxygens (including phenoxy) is 1. The number of nitrogens with zero attached hydrogens (tertiary/aromatic N) is 2. The first-order valence-electron chi connectivity index (χ1n) is 6.24. The van der Waals surface area contributed by atoms with E-state index in [2.05, 4.69) is 9.97 Å². The molecule has 4 nitrogen and oxygen atoms in total. The summed E-state index contributed by atoms with van der Waals surface area (Å²) in [5.41, 5.74) is 5.30. The van der Waals surface area contributed by atoms with Crippen LogP contribution in [0.1, 0.15) is 23.3 Å². The first-order chi connectivity index (χ1) is 7.97. The van der Waals surface area contributed by atoms with E-state index in [0.717, 1.165) is 6.20 Å². The second-order valence-corrected chi connectivity index (χ2v) is 1.71. The van der Waals surface area contributed by atoms with Gasteiger partial charge >= 0.3 is 0 Å². The molecule has 0 unspecified atom stereocenters. The normalized spacial score (nSPS) is 22.7. The molecule has 0 radical (unpaired) electrons. The Morgan fingerprint density at radius 3 is 3.18 bits per heavy atom. The highest BCUT2D eigenvalue weighted by molar-refractivity contribution is 5.25. The van der Waals surface area contributed by atoms with Gasteiger partial charge in [0.05, 0.1) is 19.8 Å². The summed E-state index contributed by atoms with van der Waals surface area (Å²) in [4.78, 5) is 7.13. The maximum Gasteiger partial charge on any atom is 0.234 e. The molecule has 0 saturated carbocycles. The molecule has 1 rings (SSSR count). The number of hydrogen-bond donors (Lipinski definition) is 1. The van der Waals surface area contributed by atoms with Crippen LogP contribution in [0.4, 0.5) is 5.82 Å². The van der Waals surface area contributed by atoms with Gasteiger partial charge in [-0.1, -0.05) is 0 Å². The van der Waals surface area contributed by atoms with Crippen molar-refractivity contribution in [2.45, 2.75) is 19.8 Å². The van der Waals surface area contributed by atoms with Crippen molar-refractivity contribution in [3.8, 4) is 5.88 Å². The zero-order valence-corrected chi connectivity index (χ0v) is 5.53. The van der Waals surface area contributed by atoms with E-state index >= 15 is 0 Å². The van der Waals surface area contributed by atoms with E-state index in [0.29, 0.717) is 0 Å². The van der Waals surface area contributed by atoms with Crippen molar-refractivity contribution < 1.29 is 14.3 Å². The van der Waals surface area contributed by atoms with Gasteiger partial charge in [-0.3, -0.25) is 4.98 Å². The lowest BCUT2D eigenvalue weighted by Gasteiger charge is -2.07. The molecule has 0 aromatic carbocycles. The molecular weight excluding hydrogens is 142 g/mol. The van der Waals surface area contributed by atoms with Gasteiger partial charge in [0.1, 0.15) is 5.82 Å². The number of anilines is 1. The second-order valence-electron chi connectivity index (χ2n) is 1.71. The van der Waals surface area contributed by atoms with E-state index in [1.165, 1.54) is 6.20 Å². The fourth-order valence-corrected chi connectivity index (χ4v) is 0.516. The van der Waals surface area contributed by atoms with Crippen LogP contribution in [0, 0.1) is 0 Å². The molecule has 4 heteroatoms. The van der Waals surface area contributed by atoms with Crippen molar-refractivity contribution in [2.75, 3.05) is 5.73 Å². The van der Waals surface area contributed by atoms with Gasteiger partial charge in [-0.15, -0.1) is 0 Å². The summed E-state index contributed by atoms with van der Waals surface area (Å²) in [6.45, 7) is -6.38. The van der Waals surface area contributed by atoms with Crippen molar-refractivity contribution in [1.29, 1.82) is 0 Å². The van der Waals surface area contributed by atoms with Gasteiger partial charge in [0.25, 0.3) is 0 Å². The molecular formula is C7H11N3O. The Morgan fingerprint density at radius 1 is 1.73 bits per heavy atom. The molecule has 1 aromatic rings. The van der Waals surface area contributed by atoms with Gasteiger partial charge in [-0.05, 0) is 13.7 Å². The van der Waals surface area contributed by atoms with Crippen molar-refractivity contribution in [3.63, 3.8) is 0 Å². The molecule has 0 aliphatic rings. The number of hydrogen-bond acceptors (Lipinski definition) is 4. The standard InChI is InChI=1S/C7H11N3O/c1-5(2)11-7-4-9-3-6(8)10-7/h3-5H,1-2H3,(H2,8,10)/i1D3,2D3,5D. The molecule has 0 atom stereocenters. The van der Waals surface area contributed by atoms with E-state index < -0.39 is 25.7 Å². The van der Waals surface area contributed by atoms with Gasteiger partial charge in [0, 0.05) is 8.22 Å². The molecule has 1 heterocycles. The fourth-order valence-electron chi connectivity index (χ4n) is 0.516. The topological polar surface area (TPSA) is 61.0 Å².